The maximum absolute atomic E-state index is 12.2. The van der Waals surface area contributed by atoms with Crippen molar-refractivity contribution in [2.75, 3.05) is 5.01 Å². The van der Waals surface area contributed by atoms with E-state index in [0.29, 0.717) is 17.7 Å². The molecule has 7 heteroatoms. The first-order valence-corrected chi connectivity index (χ1v) is 6.67. The average molecular weight is 311 g/mol. The number of nitro benzene ring substituents is 1. The summed E-state index contributed by atoms with van der Waals surface area (Å²) in [5.74, 6) is -0.306. The molecular formula is C16H13N3O4. The fourth-order valence-corrected chi connectivity index (χ4v) is 1.87. The van der Waals surface area contributed by atoms with Crippen molar-refractivity contribution in [3.8, 4) is 0 Å². The number of amides is 1. The third-order valence-electron chi connectivity index (χ3n) is 3.05. The lowest BCUT2D eigenvalue weighted by Gasteiger charge is -2.12. The van der Waals surface area contributed by atoms with Gasteiger partial charge in [-0.1, -0.05) is 30.3 Å². The van der Waals surface area contributed by atoms with Gasteiger partial charge in [0.1, 0.15) is 5.71 Å². The molecule has 0 radical (unpaired) electrons. The van der Waals surface area contributed by atoms with E-state index in [0.717, 1.165) is 5.01 Å². The molecule has 0 saturated carbocycles. The van der Waals surface area contributed by atoms with Gasteiger partial charge in [0.25, 0.3) is 5.69 Å². The molecule has 0 heterocycles. The van der Waals surface area contributed by atoms with Gasteiger partial charge in [-0.15, -0.1) is 0 Å². The van der Waals surface area contributed by atoms with Crippen molar-refractivity contribution in [3.05, 3.63) is 70.3 Å². The normalized spacial score (nSPS) is 10.9. The van der Waals surface area contributed by atoms with Gasteiger partial charge >= 0.3 is 0 Å². The van der Waals surface area contributed by atoms with Crippen LogP contribution < -0.4 is 5.01 Å². The second kappa shape index (κ2) is 7.08. The highest BCUT2D eigenvalue weighted by Crippen LogP contribution is 2.19. The number of non-ortho nitro benzene ring substituents is 1. The number of nitrogens with zero attached hydrogens (tertiary/aromatic N) is 3. The molecule has 0 N–H and O–H groups in total. The molecule has 0 aliphatic rings. The Morgan fingerprint density at radius 3 is 2.26 bits per heavy atom. The Morgan fingerprint density at radius 1 is 1.13 bits per heavy atom. The molecule has 2 aromatic carbocycles. The molecule has 0 saturated heterocycles. The highest BCUT2D eigenvalue weighted by molar-refractivity contribution is 6.45. The summed E-state index contributed by atoms with van der Waals surface area (Å²) in [6, 6.07) is 13.8. The van der Waals surface area contributed by atoms with E-state index >= 15 is 0 Å². The minimum Gasteiger partial charge on any atom is -0.287 e. The Hall–Kier alpha value is -3.35. The van der Waals surface area contributed by atoms with Crippen LogP contribution >= 0.6 is 0 Å². The molecular weight excluding hydrogens is 298 g/mol. The summed E-state index contributed by atoms with van der Waals surface area (Å²) in [7, 11) is 0. The minimum absolute atomic E-state index is 0.0966. The van der Waals surface area contributed by atoms with Crippen LogP contribution in [0.1, 0.15) is 17.3 Å². The van der Waals surface area contributed by atoms with Gasteiger partial charge in [-0.25, -0.2) is 5.01 Å². The summed E-state index contributed by atoms with van der Waals surface area (Å²) in [6.45, 7) is 1.50. The molecule has 0 unspecified atom stereocenters. The molecule has 0 fully saturated rings. The van der Waals surface area contributed by atoms with Gasteiger partial charge < -0.3 is 0 Å². The lowest BCUT2D eigenvalue weighted by atomic mass is 10.1. The number of ketones is 1. The van der Waals surface area contributed by atoms with Crippen LogP contribution in [0.2, 0.25) is 0 Å². The first kappa shape index (κ1) is 16.0. The smallest absolute Gasteiger partial charge is 0.269 e. The number of rotatable bonds is 6. The van der Waals surface area contributed by atoms with E-state index in [4.69, 9.17) is 0 Å². The molecule has 1 amide bonds. The van der Waals surface area contributed by atoms with Gasteiger partial charge in [0, 0.05) is 17.7 Å². The standard InChI is InChI=1S/C16H13N3O4/c1-12(16(21)13-5-3-2-4-6-13)17-18(11-20)14-7-9-15(10-8-14)19(22)23/h2-11H,1H3. The van der Waals surface area contributed by atoms with Gasteiger partial charge in [-0.05, 0) is 19.1 Å². The monoisotopic (exact) mass is 311 g/mol. The fraction of sp³-hybridized carbons (Fsp3) is 0.0625. The third kappa shape index (κ3) is 3.85. The zero-order valence-corrected chi connectivity index (χ0v) is 12.2. The van der Waals surface area contributed by atoms with Crippen LogP contribution in [0, 0.1) is 10.1 Å². The van der Waals surface area contributed by atoms with Crippen molar-refractivity contribution >= 4 is 29.3 Å². The minimum atomic E-state index is -0.539. The van der Waals surface area contributed by atoms with Gasteiger partial charge in [-0.3, -0.25) is 19.7 Å². The van der Waals surface area contributed by atoms with E-state index in [1.165, 1.54) is 31.2 Å². The number of hydrazone groups is 1. The highest BCUT2D eigenvalue weighted by atomic mass is 16.6. The van der Waals surface area contributed by atoms with Crippen LogP contribution in [0.4, 0.5) is 11.4 Å². The summed E-state index contributed by atoms with van der Waals surface area (Å²) >= 11 is 0. The quantitative estimate of drug-likeness (QED) is 0.269. The molecule has 0 atom stereocenters. The van der Waals surface area contributed by atoms with E-state index in [9.17, 15) is 19.7 Å². The van der Waals surface area contributed by atoms with Crippen LogP contribution in [0.3, 0.4) is 0 Å². The van der Waals surface area contributed by atoms with Crippen LogP contribution in [-0.2, 0) is 4.79 Å². The van der Waals surface area contributed by atoms with Gasteiger partial charge in [0.15, 0.2) is 0 Å². The summed E-state index contributed by atoms with van der Waals surface area (Å²) in [6.07, 6.45) is 0.433. The van der Waals surface area contributed by atoms with Crippen molar-refractivity contribution in [1.29, 1.82) is 0 Å². The predicted molar refractivity (Wildman–Crippen MR) is 85.5 cm³/mol. The molecule has 0 aliphatic heterocycles. The first-order chi connectivity index (χ1) is 11.0. The zero-order valence-electron chi connectivity index (χ0n) is 12.2. The molecule has 0 spiro atoms. The van der Waals surface area contributed by atoms with Gasteiger partial charge in [0.2, 0.25) is 12.2 Å². The van der Waals surface area contributed by atoms with Crippen LogP contribution in [0.25, 0.3) is 0 Å². The van der Waals surface area contributed by atoms with Gasteiger partial charge in [0.05, 0.1) is 10.6 Å². The number of benzene rings is 2. The summed E-state index contributed by atoms with van der Waals surface area (Å²) in [5, 5.41) is 15.6. The summed E-state index contributed by atoms with van der Waals surface area (Å²) < 4.78 is 0. The zero-order chi connectivity index (χ0) is 16.8. The van der Waals surface area contributed by atoms with Crippen molar-refractivity contribution in [3.63, 3.8) is 0 Å². The van der Waals surface area contributed by atoms with Crippen LogP contribution in [0.5, 0.6) is 0 Å². The number of Topliss-reactive ketones (excluding diaryl/α,β-unsaturated/α-hetero) is 1. The second-order valence-electron chi connectivity index (χ2n) is 4.60. The maximum atomic E-state index is 12.2. The molecule has 23 heavy (non-hydrogen) atoms. The van der Waals surface area contributed by atoms with Crippen LogP contribution in [0.15, 0.2) is 59.7 Å². The molecule has 0 aromatic heterocycles. The average Bonchev–Trinajstić information content (AvgIpc) is 2.59. The number of carbonyl (C=O) groups excluding carboxylic acids is 2. The SMILES string of the molecule is CC(=NN(C=O)c1ccc([N+](=O)[O-])cc1)C(=O)c1ccccc1. The number of hydrogen-bond acceptors (Lipinski definition) is 5. The third-order valence-corrected chi connectivity index (χ3v) is 3.05. The Balaban J connectivity index is 2.25. The Morgan fingerprint density at radius 2 is 1.74 bits per heavy atom. The Bertz CT molecular complexity index is 755. The first-order valence-electron chi connectivity index (χ1n) is 6.67. The highest BCUT2D eigenvalue weighted by Gasteiger charge is 2.13. The number of carbonyl (C=O) groups is 2. The molecule has 116 valence electrons. The van der Waals surface area contributed by atoms with E-state index < -0.39 is 4.92 Å². The number of anilines is 1. The van der Waals surface area contributed by atoms with Gasteiger partial charge in [-0.2, -0.15) is 5.10 Å². The molecule has 0 aliphatic carbocycles. The van der Waals surface area contributed by atoms with Crippen molar-refractivity contribution in [2.24, 2.45) is 5.10 Å². The molecule has 2 aromatic rings. The summed E-state index contributed by atoms with van der Waals surface area (Å²) in [5.41, 5.74) is 0.816. The number of hydrogen-bond donors (Lipinski definition) is 0. The topological polar surface area (TPSA) is 92.9 Å². The lowest BCUT2D eigenvalue weighted by molar-refractivity contribution is -0.384. The maximum Gasteiger partial charge on any atom is 0.269 e. The second-order valence-corrected chi connectivity index (χ2v) is 4.60. The number of nitro groups is 1. The van der Waals surface area contributed by atoms with Crippen molar-refractivity contribution < 1.29 is 14.5 Å². The largest absolute Gasteiger partial charge is 0.287 e. The van der Waals surface area contributed by atoms with Crippen LogP contribution in [-0.4, -0.2) is 22.8 Å². The molecule has 2 rings (SSSR count). The van der Waals surface area contributed by atoms with E-state index in [2.05, 4.69) is 5.10 Å². The Kier molecular flexibility index (Phi) is 4.93. The lowest BCUT2D eigenvalue weighted by Crippen LogP contribution is -2.20. The van der Waals surface area contributed by atoms with E-state index in [-0.39, 0.29) is 17.2 Å². The Labute approximate surface area is 132 Å². The fourth-order valence-electron chi connectivity index (χ4n) is 1.87. The summed E-state index contributed by atoms with van der Waals surface area (Å²) in [4.78, 5) is 33.5. The van der Waals surface area contributed by atoms with E-state index in [1.54, 1.807) is 30.3 Å². The van der Waals surface area contributed by atoms with Crippen molar-refractivity contribution in [1.82, 2.24) is 0 Å². The van der Waals surface area contributed by atoms with E-state index in [1.807, 2.05) is 0 Å². The van der Waals surface area contributed by atoms with Crippen molar-refractivity contribution in [2.45, 2.75) is 6.92 Å². The molecule has 7 nitrogen and oxygen atoms in total. The molecule has 0 bridgehead atoms. The predicted octanol–water partition coefficient (Wildman–Crippen LogP) is 2.82.